The molecule has 3 rings (SSSR count). The molecule has 1 amide bonds. The first-order valence-electron chi connectivity index (χ1n) is 8.62. The minimum absolute atomic E-state index is 0.0146. The van der Waals surface area contributed by atoms with Crippen molar-refractivity contribution in [2.24, 2.45) is 5.14 Å². The van der Waals surface area contributed by atoms with E-state index >= 15 is 0 Å². The van der Waals surface area contributed by atoms with Crippen LogP contribution in [0.3, 0.4) is 0 Å². The Morgan fingerprint density at radius 2 is 1.70 bits per heavy atom. The van der Waals surface area contributed by atoms with E-state index in [4.69, 9.17) is 21.5 Å². The van der Waals surface area contributed by atoms with Crippen molar-refractivity contribution in [2.45, 2.75) is 9.79 Å². The van der Waals surface area contributed by atoms with Gasteiger partial charge in [0.05, 0.1) is 10.6 Å². The number of sulfonamides is 1. The van der Waals surface area contributed by atoms with E-state index in [2.05, 4.69) is 5.32 Å². The van der Waals surface area contributed by atoms with Crippen molar-refractivity contribution in [2.75, 3.05) is 17.7 Å². The molecule has 7 nitrogen and oxygen atoms in total. The molecule has 0 spiro atoms. The summed E-state index contributed by atoms with van der Waals surface area (Å²) in [5, 5.41) is 9.94. The number of benzene rings is 3. The van der Waals surface area contributed by atoms with E-state index in [0.29, 0.717) is 10.7 Å². The summed E-state index contributed by atoms with van der Waals surface area (Å²) >= 11 is 7.54. The highest BCUT2D eigenvalue weighted by atomic mass is 35.5. The van der Waals surface area contributed by atoms with Crippen LogP contribution in [0.25, 0.3) is 10.8 Å². The van der Waals surface area contributed by atoms with Gasteiger partial charge >= 0.3 is 5.97 Å². The summed E-state index contributed by atoms with van der Waals surface area (Å²) in [7, 11) is -3.81. The second-order valence-corrected chi connectivity index (χ2v) is 9.15. The molecule has 0 bridgehead atoms. The van der Waals surface area contributed by atoms with E-state index in [1.807, 2.05) is 30.3 Å². The van der Waals surface area contributed by atoms with Gasteiger partial charge in [-0.25, -0.2) is 13.6 Å². The van der Waals surface area contributed by atoms with Crippen LogP contribution in [0.1, 0.15) is 0 Å². The summed E-state index contributed by atoms with van der Waals surface area (Å²) in [4.78, 5) is 24.7. The molecule has 0 unspecified atom stereocenters. The number of rotatable bonds is 7. The highest BCUT2D eigenvalue weighted by Gasteiger charge is 2.12. The van der Waals surface area contributed by atoms with Crippen LogP contribution in [0.5, 0.6) is 0 Å². The molecule has 0 saturated heterocycles. The van der Waals surface area contributed by atoms with Crippen molar-refractivity contribution >= 4 is 61.7 Å². The Labute approximate surface area is 182 Å². The zero-order valence-electron chi connectivity index (χ0n) is 15.5. The second kappa shape index (κ2) is 9.48. The van der Waals surface area contributed by atoms with E-state index in [1.54, 1.807) is 6.07 Å². The quantitative estimate of drug-likeness (QED) is 0.409. The van der Waals surface area contributed by atoms with Crippen LogP contribution in [0.4, 0.5) is 5.69 Å². The molecule has 0 aliphatic carbocycles. The standard InChI is InChI=1S/C20H17ClN2O5S2/c21-16-5-1-3-13-4-2-6-17(20(13)16)29-12-19(25)28-11-18(24)23-14-7-9-15(10-8-14)30(22,26)27/h1-10H,11-12H2,(H,23,24)(H2,22,26,27). The third-order valence-corrected chi connectivity index (χ3v) is 6.27. The Bertz CT molecular complexity index is 1190. The number of halogens is 1. The van der Waals surface area contributed by atoms with Crippen molar-refractivity contribution in [1.82, 2.24) is 0 Å². The van der Waals surface area contributed by atoms with E-state index in [0.717, 1.165) is 15.7 Å². The van der Waals surface area contributed by atoms with Crippen molar-refractivity contribution < 1.29 is 22.7 Å². The number of amides is 1. The zero-order valence-corrected chi connectivity index (χ0v) is 17.9. The molecular weight excluding hydrogens is 448 g/mol. The Kier molecular flexibility index (Phi) is 6.99. The number of carbonyl (C=O) groups excluding carboxylic acids is 2. The van der Waals surface area contributed by atoms with Gasteiger partial charge in [-0.05, 0) is 41.8 Å². The van der Waals surface area contributed by atoms with Crippen molar-refractivity contribution in [3.05, 3.63) is 65.7 Å². The predicted octanol–water partition coefficient (Wildman–Crippen LogP) is 3.41. The van der Waals surface area contributed by atoms with Gasteiger partial charge in [-0.1, -0.05) is 35.9 Å². The monoisotopic (exact) mass is 464 g/mol. The minimum Gasteiger partial charge on any atom is -0.455 e. The maximum absolute atomic E-state index is 12.0. The lowest BCUT2D eigenvalue weighted by Crippen LogP contribution is -2.21. The third kappa shape index (κ3) is 5.73. The number of primary sulfonamides is 1. The summed E-state index contributed by atoms with van der Waals surface area (Å²) in [5.41, 5.74) is 0.350. The van der Waals surface area contributed by atoms with E-state index in [9.17, 15) is 18.0 Å². The van der Waals surface area contributed by atoms with Gasteiger partial charge in [-0.15, -0.1) is 11.8 Å². The topological polar surface area (TPSA) is 116 Å². The van der Waals surface area contributed by atoms with Gasteiger partial charge in [-0.3, -0.25) is 9.59 Å². The lowest BCUT2D eigenvalue weighted by atomic mass is 10.1. The summed E-state index contributed by atoms with van der Waals surface area (Å²) < 4.78 is 27.4. The van der Waals surface area contributed by atoms with E-state index in [1.165, 1.54) is 36.0 Å². The van der Waals surface area contributed by atoms with Crippen LogP contribution in [0.15, 0.2) is 70.5 Å². The van der Waals surface area contributed by atoms with E-state index < -0.39 is 28.5 Å². The number of nitrogens with one attached hydrogen (secondary N) is 1. The second-order valence-electron chi connectivity index (χ2n) is 6.16. The number of anilines is 1. The lowest BCUT2D eigenvalue weighted by molar-refractivity contribution is -0.144. The van der Waals surface area contributed by atoms with Gasteiger partial charge in [0, 0.05) is 21.0 Å². The summed E-state index contributed by atoms with van der Waals surface area (Å²) in [6, 6.07) is 16.6. The summed E-state index contributed by atoms with van der Waals surface area (Å²) in [6.45, 7) is -0.466. The number of hydrogen-bond acceptors (Lipinski definition) is 6. The Morgan fingerprint density at radius 3 is 2.37 bits per heavy atom. The molecule has 0 heterocycles. The normalized spacial score (nSPS) is 11.3. The Hall–Kier alpha value is -2.59. The first-order chi connectivity index (χ1) is 14.2. The molecule has 0 aliphatic rings. The molecule has 0 saturated carbocycles. The molecule has 10 heteroatoms. The van der Waals surface area contributed by atoms with Crippen molar-refractivity contribution in [3.8, 4) is 0 Å². The molecular formula is C20H17ClN2O5S2. The first-order valence-corrected chi connectivity index (χ1v) is 11.5. The molecule has 30 heavy (non-hydrogen) atoms. The smallest absolute Gasteiger partial charge is 0.316 e. The molecule has 0 aromatic heterocycles. The van der Waals surface area contributed by atoms with E-state index in [-0.39, 0.29) is 10.6 Å². The predicted molar refractivity (Wildman–Crippen MR) is 117 cm³/mol. The number of carbonyl (C=O) groups is 2. The Morgan fingerprint density at radius 1 is 1.03 bits per heavy atom. The fourth-order valence-electron chi connectivity index (χ4n) is 2.63. The van der Waals surface area contributed by atoms with Gasteiger partial charge in [0.25, 0.3) is 5.91 Å². The molecule has 0 radical (unpaired) electrons. The van der Waals surface area contributed by atoms with Gasteiger partial charge in [0.1, 0.15) is 0 Å². The van der Waals surface area contributed by atoms with Gasteiger partial charge in [0.15, 0.2) is 6.61 Å². The van der Waals surface area contributed by atoms with Gasteiger partial charge in [-0.2, -0.15) is 0 Å². The van der Waals surface area contributed by atoms with Gasteiger partial charge < -0.3 is 10.1 Å². The number of thioether (sulfide) groups is 1. The molecule has 3 N–H and O–H groups in total. The SMILES string of the molecule is NS(=O)(=O)c1ccc(NC(=O)COC(=O)CSc2cccc3cccc(Cl)c23)cc1. The molecule has 0 fully saturated rings. The molecule has 156 valence electrons. The van der Waals surface area contributed by atoms with Gasteiger partial charge in [0.2, 0.25) is 10.0 Å². The van der Waals surface area contributed by atoms with Crippen LogP contribution in [-0.4, -0.2) is 32.7 Å². The Balaban J connectivity index is 1.51. The lowest BCUT2D eigenvalue weighted by Gasteiger charge is -2.09. The highest BCUT2D eigenvalue weighted by Crippen LogP contribution is 2.33. The zero-order chi connectivity index (χ0) is 21.7. The maximum atomic E-state index is 12.0. The highest BCUT2D eigenvalue weighted by molar-refractivity contribution is 8.00. The number of esters is 1. The van der Waals surface area contributed by atoms with Crippen LogP contribution in [-0.2, 0) is 24.3 Å². The van der Waals surface area contributed by atoms with Crippen LogP contribution in [0.2, 0.25) is 5.02 Å². The first kappa shape index (κ1) is 22.1. The van der Waals surface area contributed by atoms with Crippen LogP contribution >= 0.6 is 23.4 Å². The van der Waals surface area contributed by atoms with Crippen molar-refractivity contribution in [3.63, 3.8) is 0 Å². The largest absolute Gasteiger partial charge is 0.455 e. The molecule has 3 aromatic rings. The van der Waals surface area contributed by atoms with Crippen LogP contribution < -0.4 is 10.5 Å². The number of fused-ring (bicyclic) bond motifs is 1. The number of hydrogen-bond donors (Lipinski definition) is 2. The summed E-state index contributed by atoms with van der Waals surface area (Å²) in [6.07, 6.45) is 0. The third-order valence-electron chi connectivity index (χ3n) is 3.99. The average Bonchev–Trinajstić information content (AvgIpc) is 2.70. The molecule has 0 atom stereocenters. The maximum Gasteiger partial charge on any atom is 0.316 e. The minimum atomic E-state index is -3.81. The fourth-order valence-corrected chi connectivity index (χ4v) is 4.39. The fraction of sp³-hybridized carbons (Fsp3) is 0.100. The number of ether oxygens (including phenoxy) is 1. The van der Waals surface area contributed by atoms with Crippen LogP contribution in [0, 0.1) is 0 Å². The number of nitrogens with two attached hydrogens (primary N) is 1. The van der Waals surface area contributed by atoms with Crippen molar-refractivity contribution in [1.29, 1.82) is 0 Å². The summed E-state index contributed by atoms with van der Waals surface area (Å²) in [5.74, 6) is -1.09. The average molecular weight is 465 g/mol. The molecule has 3 aromatic carbocycles. The molecule has 0 aliphatic heterocycles.